The third kappa shape index (κ3) is 5.55. The minimum atomic E-state index is -0.421. The van der Waals surface area contributed by atoms with E-state index in [-0.39, 0.29) is 18.8 Å². The third-order valence-corrected chi connectivity index (χ3v) is 5.29. The van der Waals surface area contributed by atoms with Crippen LogP contribution in [0, 0.1) is 6.92 Å². The first kappa shape index (κ1) is 22.6. The van der Waals surface area contributed by atoms with E-state index in [9.17, 15) is 9.59 Å². The second-order valence-electron chi connectivity index (χ2n) is 8.44. The van der Waals surface area contributed by atoms with Gasteiger partial charge >= 0.3 is 12.0 Å². The Morgan fingerprint density at radius 1 is 1.26 bits per heavy atom. The molecule has 7 nitrogen and oxygen atoms in total. The van der Waals surface area contributed by atoms with E-state index in [0.717, 1.165) is 35.0 Å². The first-order valence-corrected chi connectivity index (χ1v) is 10.6. The number of allylic oxidation sites excluding steroid dienone is 1. The maximum atomic E-state index is 12.8. The standard InChI is InChI=1S/C24H32N4O3/c1-17(2)27-11-6-7-20(14-27)23(29)31-16-25-24(30)28-15-19(10-12-26(4)5)21-13-18(3)8-9-22(21)28/h6,8-9,11,13-15,17H,7,10,12,16H2,1-5H3,(H,25,30). The molecule has 0 saturated carbocycles. The summed E-state index contributed by atoms with van der Waals surface area (Å²) >= 11 is 0. The Bertz CT molecular complexity index is 1020. The summed E-state index contributed by atoms with van der Waals surface area (Å²) in [6, 6.07) is 5.99. The number of aryl methyl sites for hydroxylation is 1. The van der Waals surface area contributed by atoms with E-state index >= 15 is 0 Å². The molecule has 1 aromatic carbocycles. The van der Waals surface area contributed by atoms with E-state index < -0.39 is 5.97 Å². The lowest BCUT2D eigenvalue weighted by molar-refractivity contribution is -0.139. The summed E-state index contributed by atoms with van der Waals surface area (Å²) in [5, 5.41) is 3.77. The van der Waals surface area contributed by atoms with Crippen LogP contribution in [0.2, 0.25) is 0 Å². The largest absolute Gasteiger partial charge is 0.441 e. The lowest BCUT2D eigenvalue weighted by atomic mass is 10.1. The average Bonchev–Trinajstić information content (AvgIpc) is 3.10. The molecular formula is C24H32N4O3. The lowest BCUT2D eigenvalue weighted by Crippen LogP contribution is -2.32. The third-order valence-electron chi connectivity index (χ3n) is 5.29. The molecule has 1 aromatic heterocycles. The summed E-state index contributed by atoms with van der Waals surface area (Å²) in [5.41, 5.74) is 3.68. The van der Waals surface area contributed by atoms with Crippen LogP contribution in [-0.4, -0.2) is 59.8 Å². The van der Waals surface area contributed by atoms with Gasteiger partial charge in [-0.2, -0.15) is 0 Å². The van der Waals surface area contributed by atoms with E-state index in [1.807, 2.05) is 70.4 Å². The molecule has 3 rings (SSSR count). The van der Waals surface area contributed by atoms with Gasteiger partial charge in [0, 0.05) is 43.0 Å². The second-order valence-corrected chi connectivity index (χ2v) is 8.44. The fourth-order valence-corrected chi connectivity index (χ4v) is 3.50. The Morgan fingerprint density at radius 3 is 2.74 bits per heavy atom. The summed E-state index contributed by atoms with van der Waals surface area (Å²) in [6.07, 6.45) is 8.92. The van der Waals surface area contributed by atoms with Crippen LogP contribution in [-0.2, 0) is 16.0 Å². The van der Waals surface area contributed by atoms with Gasteiger partial charge in [-0.25, -0.2) is 9.59 Å². The topological polar surface area (TPSA) is 66.8 Å². The number of hydrogen-bond acceptors (Lipinski definition) is 5. The number of carbonyl (C=O) groups excluding carboxylic acids is 2. The summed E-state index contributed by atoms with van der Waals surface area (Å²) < 4.78 is 6.89. The van der Waals surface area contributed by atoms with Gasteiger partial charge in [-0.15, -0.1) is 0 Å². The van der Waals surface area contributed by atoms with Crippen molar-refractivity contribution in [3.8, 4) is 0 Å². The smallest absolute Gasteiger partial charge is 0.337 e. The monoisotopic (exact) mass is 424 g/mol. The van der Waals surface area contributed by atoms with Crippen molar-refractivity contribution < 1.29 is 14.3 Å². The van der Waals surface area contributed by atoms with Crippen LogP contribution in [0.3, 0.4) is 0 Å². The van der Waals surface area contributed by atoms with Crippen molar-refractivity contribution in [3.05, 3.63) is 59.6 Å². The van der Waals surface area contributed by atoms with Crippen LogP contribution in [0.5, 0.6) is 0 Å². The summed E-state index contributed by atoms with van der Waals surface area (Å²) in [6.45, 7) is 6.85. The van der Waals surface area contributed by atoms with Crippen LogP contribution in [0.15, 0.2) is 48.4 Å². The van der Waals surface area contributed by atoms with Gasteiger partial charge in [-0.1, -0.05) is 17.7 Å². The van der Waals surface area contributed by atoms with Gasteiger partial charge in [0.1, 0.15) is 0 Å². The Hall–Kier alpha value is -3.06. The van der Waals surface area contributed by atoms with E-state index in [1.54, 1.807) is 10.8 Å². The van der Waals surface area contributed by atoms with E-state index in [0.29, 0.717) is 12.0 Å². The Kier molecular flexibility index (Phi) is 7.17. The highest BCUT2D eigenvalue weighted by molar-refractivity contribution is 5.94. The first-order chi connectivity index (χ1) is 14.8. The molecule has 2 heterocycles. The van der Waals surface area contributed by atoms with Crippen molar-refractivity contribution in [2.75, 3.05) is 27.4 Å². The van der Waals surface area contributed by atoms with Gasteiger partial charge in [-0.3, -0.25) is 4.57 Å². The van der Waals surface area contributed by atoms with Crippen LogP contribution in [0.25, 0.3) is 10.9 Å². The zero-order valence-corrected chi connectivity index (χ0v) is 19.0. The van der Waals surface area contributed by atoms with Crippen LogP contribution < -0.4 is 5.32 Å². The number of amides is 1. The van der Waals surface area contributed by atoms with Crippen molar-refractivity contribution in [2.45, 2.75) is 39.7 Å². The molecule has 31 heavy (non-hydrogen) atoms. The molecular weight excluding hydrogens is 392 g/mol. The van der Waals surface area contributed by atoms with E-state index in [4.69, 9.17) is 4.74 Å². The molecule has 2 aromatic rings. The van der Waals surface area contributed by atoms with E-state index in [1.165, 1.54) is 0 Å². The number of rotatable bonds is 7. The number of benzene rings is 1. The Labute approximate surface area is 183 Å². The molecule has 0 atom stereocenters. The minimum Gasteiger partial charge on any atom is -0.441 e. The molecule has 0 aliphatic carbocycles. The molecule has 0 spiro atoms. The zero-order chi connectivity index (χ0) is 22.5. The van der Waals surface area contributed by atoms with Crippen LogP contribution in [0.4, 0.5) is 4.79 Å². The molecule has 0 bridgehead atoms. The van der Waals surface area contributed by atoms with Gasteiger partial charge in [0.25, 0.3) is 0 Å². The molecule has 1 amide bonds. The summed E-state index contributed by atoms with van der Waals surface area (Å²) in [7, 11) is 4.06. The number of aromatic nitrogens is 1. The van der Waals surface area contributed by atoms with Crippen LogP contribution in [0.1, 0.15) is 31.4 Å². The molecule has 0 saturated heterocycles. The Balaban J connectivity index is 1.66. The van der Waals surface area contributed by atoms with Crippen molar-refractivity contribution in [2.24, 2.45) is 0 Å². The van der Waals surface area contributed by atoms with E-state index in [2.05, 4.69) is 16.3 Å². The highest BCUT2D eigenvalue weighted by Crippen LogP contribution is 2.23. The minimum absolute atomic E-state index is 0.182. The van der Waals surface area contributed by atoms with Crippen molar-refractivity contribution in [1.82, 2.24) is 19.7 Å². The zero-order valence-electron chi connectivity index (χ0n) is 19.0. The predicted molar refractivity (Wildman–Crippen MR) is 123 cm³/mol. The number of carbonyl (C=O) groups is 2. The molecule has 1 aliphatic rings. The molecule has 1 N–H and O–H groups in total. The van der Waals surface area contributed by atoms with Gasteiger partial charge in [0.05, 0.1) is 11.1 Å². The number of hydrogen-bond donors (Lipinski definition) is 1. The highest BCUT2D eigenvalue weighted by atomic mass is 16.5. The number of nitrogens with zero attached hydrogens (tertiary/aromatic N) is 3. The van der Waals surface area contributed by atoms with Crippen molar-refractivity contribution in [1.29, 1.82) is 0 Å². The number of likely N-dealkylation sites (N-methyl/N-ethyl adjacent to an activating group) is 1. The van der Waals surface area contributed by atoms with Gasteiger partial charge < -0.3 is 19.9 Å². The Morgan fingerprint density at radius 2 is 2.03 bits per heavy atom. The molecule has 0 radical (unpaired) electrons. The van der Waals surface area contributed by atoms with Crippen molar-refractivity contribution >= 4 is 22.9 Å². The summed E-state index contributed by atoms with van der Waals surface area (Å²) in [4.78, 5) is 29.3. The molecule has 0 unspecified atom stereocenters. The molecule has 166 valence electrons. The highest BCUT2D eigenvalue weighted by Gasteiger charge is 2.17. The molecule has 1 aliphatic heterocycles. The fraction of sp³-hybridized carbons (Fsp3) is 0.417. The normalized spacial score (nSPS) is 13.8. The quantitative estimate of drug-likeness (QED) is 0.543. The second kappa shape index (κ2) is 9.83. The number of nitrogens with one attached hydrogen (secondary N) is 1. The number of esters is 1. The first-order valence-electron chi connectivity index (χ1n) is 10.6. The van der Waals surface area contributed by atoms with Crippen LogP contribution >= 0.6 is 0 Å². The molecule has 0 fully saturated rings. The predicted octanol–water partition coefficient (Wildman–Crippen LogP) is 3.62. The fourth-order valence-electron chi connectivity index (χ4n) is 3.50. The van der Waals surface area contributed by atoms with Crippen molar-refractivity contribution in [3.63, 3.8) is 0 Å². The van der Waals surface area contributed by atoms with Gasteiger partial charge in [-0.05, 0) is 59.0 Å². The lowest BCUT2D eigenvalue weighted by Gasteiger charge is -2.24. The number of fused-ring (bicyclic) bond motifs is 1. The SMILES string of the molecule is Cc1ccc2c(c1)c(CCN(C)C)cn2C(=O)NCOC(=O)C1=CN(C(C)C)C=CC1. The maximum Gasteiger partial charge on any atom is 0.337 e. The molecule has 7 heteroatoms. The van der Waals surface area contributed by atoms with Gasteiger partial charge in [0.2, 0.25) is 0 Å². The summed E-state index contributed by atoms with van der Waals surface area (Å²) in [5.74, 6) is -0.421. The average molecular weight is 425 g/mol. The maximum absolute atomic E-state index is 12.8. The van der Waals surface area contributed by atoms with Gasteiger partial charge in [0.15, 0.2) is 6.73 Å². The number of ether oxygens (including phenoxy) is 1.